The minimum Gasteiger partial charge on any atom is -0.497 e. The normalized spacial score (nSPS) is 20.6. The van der Waals surface area contributed by atoms with Gasteiger partial charge >= 0.3 is 0 Å². The van der Waals surface area contributed by atoms with E-state index in [-0.39, 0.29) is 12.0 Å². The Balaban J connectivity index is 1.78. The predicted octanol–water partition coefficient (Wildman–Crippen LogP) is 4.32. The number of fused-ring (bicyclic) bond motifs is 3. The SMILES string of the molecule is COc1ccc(C2C3CCc4ccc(OC)cc4C3=NN2C(=N)SC)cc1. The molecule has 0 saturated carbocycles. The molecule has 2 aromatic carbocycles. The molecule has 2 unspecified atom stereocenters. The van der Waals surface area contributed by atoms with Gasteiger partial charge in [-0.1, -0.05) is 30.0 Å². The van der Waals surface area contributed by atoms with Gasteiger partial charge in [0, 0.05) is 11.5 Å². The number of hydrogen-bond donors (Lipinski definition) is 1. The summed E-state index contributed by atoms with van der Waals surface area (Å²) in [7, 11) is 3.36. The van der Waals surface area contributed by atoms with Crippen molar-refractivity contribution < 1.29 is 9.47 Å². The monoisotopic (exact) mass is 381 g/mol. The molecular formula is C21H23N3O2S. The third-order valence-electron chi connectivity index (χ3n) is 5.39. The molecule has 2 aliphatic rings. The van der Waals surface area contributed by atoms with Crippen LogP contribution in [0.15, 0.2) is 47.6 Å². The van der Waals surface area contributed by atoms with Crippen molar-refractivity contribution in [2.75, 3.05) is 20.5 Å². The Morgan fingerprint density at radius 3 is 2.48 bits per heavy atom. The minimum absolute atomic E-state index is 0.0326. The van der Waals surface area contributed by atoms with Crippen LogP contribution in [0.5, 0.6) is 11.5 Å². The first kappa shape index (κ1) is 17.9. The highest BCUT2D eigenvalue weighted by atomic mass is 32.2. The lowest BCUT2D eigenvalue weighted by Crippen LogP contribution is -2.30. The fraction of sp³-hybridized carbons (Fsp3) is 0.333. The highest BCUT2D eigenvalue weighted by Gasteiger charge is 2.43. The fourth-order valence-corrected chi connectivity index (χ4v) is 4.35. The van der Waals surface area contributed by atoms with E-state index in [1.165, 1.54) is 17.3 Å². The van der Waals surface area contributed by atoms with E-state index in [0.717, 1.165) is 41.2 Å². The molecule has 0 fully saturated rings. The second-order valence-corrected chi connectivity index (χ2v) is 7.52. The van der Waals surface area contributed by atoms with E-state index in [1.807, 2.05) is 29.5 Å². The minimum atomic E-state index is 0.0326. The maximum Gasteiger partial charge on any atom is 0.177 e. The zero-order valence-electron chi connectivity index (χ0n) is 15.7. The summed E-state index contributed by atoms with van der Waals surface area (Å²) in [5, 5.41) is 15.7. The number of rotatable bonds is 3. The number of thioether (sulfide) groups is 1. The van der Waals surface area contributed by atoms with Gasteiger partial charge in [0.25, 0.3) is 0 Å². The predicted molar refractivity (Wildman–Crippen MR) is 110 cm³/mol. The van der Waals surface area contributed by atoms with Crippen LogP contribution < -0.4 is 9.47 Å². The van der Waals surface area contributed by atoms with Crippen LogP contribution in [0, 0.1) is 11.3 Å². The standard InChI is InChI=1S/C21H23N3O2S/c1-25-15-8-5-14(6-9-15)20-17-11-7-13-4-10-16(26-2)12-18(13)19(17)23-24(20)21(22)27-3/h4-6,8-10,12,17,20,22H,7,11H2,1-3H3. The Hall–Kier alpha value is -2.47. The summed E-state index contributed by atoms with van der Waals surface area (Å²) < 4.78 is 10.7. The van der Waals surface area contributed by atoms with E-state index in [1.54, 1.807) is 14.2 Å². The van der Waals surface area contributed by atoms with Gasteiger partial charge in [-0.25, -0.2) is 5.01 Å². The van der Waals surface area contributed by atoms with Gasteiger partial charge in [0.2, 0.25) is 0 Å². The molecule has 0 amide bonds. The quantitative estimate of drug-likeness (QED) is 0.635. The lowest BCUT2D eigenvalue weighted by Gasteiger charge is -2.30. The summed E-state index contributed by atoms with van der Waals surface area (Å²) >= 11 is 1.42. The molecule has 4 rings (SSSR count). The van der Waals surface area contributed by atoms with E-state index < -0.39 is 0 Å². The number of amidine groups is 1. The lowest BCUT2D eigenvalue weighted by atomic mass is 9.77. The maximum absolute atomic E-state index is 8.44. The number of hydrazone groups is 1. The molecule has 1 aliphatic heterocycles. The van der Waals surface area contributed by atoms with Crippen LogP contribution in [0.25, 0.3) is 0 Å². The van der Waals surface area contributed by atoms with E-state index >= 15 is 0 Å². The molecule has 0 aromatic heterocycles. The fourth-order valence-electron chi connectivity index (χ4n) is 4.01. The number of aryl methyl sites for hydroxylation is 1. The lowest BCUT2D eigenvalue weighted by molar-refractivity contribution is 0.310. The average molecular weight is 382 g/mol. The largest absolute Gasteiger partial charge is 0.497 e. The van der Waals surface area contributed by atoms with E-state index in [2.05, 4.69) is 24.3 Å². The molecule has 0 radical (unpaired) electrons. The summed E-state index contributed by atoms with van der Waals surface area (Å²) in [5.74, 6) is 1.94. The Morgan fingerprint density at radius 1 is 1.11 bits per heavy atom. The second-order valence-electron chi connectivity index (χ2n) is 6.73. The van der Waals surface area contributed by atoms with Crippen LogP contribution in [0.2, 0.25) is 0 Å². The number of nitrogens with zero attached hydrogens (tertiary/aromatic N) is 2. The summed E-state index contributed by atoms with van der Waals surface area (Å²) in [6.45, 7) is 0. The number of benzene rings is 2. The molecule has 140 valence electrons. The first-order valence-corrected chi connectivity index (χ1v) is 10.2. The van der Waals surface area contributed by atoms with Gasteiger partial charge in [-0.05, 0) is 54.5 Å². The first-order chi connectivity index (χ1) is 13.2. The van der Waals surface area contributed by atoms with Crippen LogP contribution in [0.1, 0.15) is 29.2 Å². The topological polar surface area (TPSA) is 57.9 Å². The zero-order chi connectivity index (χ0) is 19.0. The second kappa shape index (κ2) is 7.27. The van der Waals surface area contributed by atoms with Crippen molar-refractivity contribution in [2.24, 2.45) is 11.0 Å². The van der Waals surface area contributed by atoms with Crippen LogP contribution in [0.4, 0.5) is 0 Å². The molecular weight excluding hydrogens is 358 g/mol. The van der Waals surface area contributed by atoms with Gasteiger partial charge in [0.05, 0.1) is 26.0 Å². The van der Waals surface area contributed by atoms with Crippen LogP contribution in [-0.2, 0) is 6.42 Å². The van der Waals surface area contributed by atoms with Crippen molar-refractivity contribution in [1.29, 1.82) is 5.41 Å². The molecule has 5 nitrogen and oxygen atoms in total. The van der Waals surface area contributed by atoms with E-state index in [9.17, 15) is 0 Å². The van der Waals surface area contributed by atoms with Gasteiger partial charge in [0.15, 0.2) is 5.17 Å². The van der Waals surface area contributed by atoms with Gasteiger partial charge < -0.3 is 9.47 Å². The molecule has 0 saturated heterocycles. The Morgan fingerprint density at radius 2 is 1.81 bits per heavy atom. The molecule has 0 bridgehead atoms. The zero-order valence-corrected chi connectivity index (χ0v) is 16.5. The third kappa shape index (κ3) is 3.08. The summed E-state index contributed by atoms with van der Waals surface area (Å²) in [5.41, 5.74) is 4.68. The van der Waals surface area contributed by atoms with Crippen molar-refractivity contribution in [3.8, 4) is 11.5 Å². The smallest absolute Gasteiger partial charge is 0.177 e. The Kier molecular flexibility index (Phi) is 4.83. The molecule has 1 N–H and O–H groups in total. The number of methoxy groups -OCH3 is 2. The number of nitrogens with one attached hydrogen (secondary N) is 1. The van der Waals surface area contributed by atoms with Crippen LogP contribution in [-0.4, -0.2) is 36.4 Å². The Labute approximate surface area is 163 Å². The molecule has 2 aromatic rings. The Bertz CT molecular complexity index is 895. The van der Waals surface area contributed by atoms with Crippen molar-refractivity contribution >= 4 is 22.6 Å². The van der Waals surface area contributed by atoms with Crippen LogP contribution in [0.3, 0.4) is 0 Å². The van der Waals surface area contributed by atoms with Crippen molar-refractivity contribution in [2.45, 2.75) is 18.9 Å². The van der Waals surface area contributed by atoms with Crippen molar-refractivity contribution in [3.05, 3.63) is 59.2 Å². The third-order valence-corrected chi connectivity index (χ3v) is 5.96. The van der Waals surface area contributed by atoms with Crippen molar-refractivity contribution in [1.82, 2.24) is 5.01 Å². The number of hydrogen-bond acceptors (Lipinski definition) is 5. The van der Waals surface area contributed by atoms with E-state index in [0.29, 0.717) is 5.17 Å². The molecule has 0 spiro atoms. The maximum atomic E-state index is 8.44. The van der Waals surface area contributed by atoms with Crippen LogP contribution >= 0.6 is 11.8 Å². The molecule has 2 atom stereocenters. The van der Waals surface area contributed by atoms with Gasteiger partial charge in [-0.2, -0.15) is 5.10 Å². The first-order valence-electron chi connectivity index (χ1n) is 8.97. The summed E-state index contributed by atoms with van der Waals surface area (Å²) in [6, 6.07) is 14.4. The van der Waals surface area contributed by atoms with Gasteiger partial charge in [-0.15, -0.1) is 0 Å². The van der Waals surface area contributed by atoms with E-state index in [4.69, 9.17) is 20.0 Å². The average Bonchev–Trinajstić information content (AvgIpc) is 3.12. The molecule has 1 heterocycles. The summed E-state index contributed by atoms with van der Waals surface area (Å²) in [4.78, 5) is 0. The van der Waals surface area contributed by atoms with Crippen molar-refractivity contribution in [3.63, 3.8) is 0 Å². The molecule has 27 heavy (non-hydrogen) atoms. The van der Waals surface area contributed by atoms with Gasteiger partial charge in [0.1, 0.15) is 11.5 Å². The highest BCUT2D eigenvalue weighted by molar-refractivity contribution is 8.13. The summed E-state index contributed by atoms with van der Waals surface area (Å²) in [6.07, 6.45) is 3.95. The highest BCUT2D eigenvalue weighted by Crippen LogP contribution is 2.44. The molecule has 6 heteroatoms. The van der Waals surface area contributed by atoms with Gasteiger partial charge in [-0.3, -0.25) is 5.41 Å². The molecule has 1 aliphatic carbocycles. The number of ether oxygens (including phenoxy) is 2.